The molecule has 2 saturated carbocycles. The molecule has 0 spiro atoms. The molecule has 0 saturated heterocycles. The Labute approximate surface area is 78.5 Å². The van der Waals surface area contributed by atoms with Gasteiger partial charge < -0.3 is 10.4 Å². The van der Waals surface area contributed by atoms with Crippen LogP contribution in [0.25, 0.3) is 0 Å². The van der Waals surface area contributed by atoms with Crippen molar-refractivity contribution in [3.8, 4) is 0 Å². The molecule has 0 bridgehead atoms. The highest BCUT2D eigenvalue weighted by atomic mass is 16.3. The molecular weight excluding hydrogens is 166 g/mol. The maximum Gasteiger partial charge on any atom is 0.248 e. The van der Waals surface area contributed by atoms with Crippen molar-refractivity contribution in [2.45, 2.75) is 44.8 Å². The number of fused-ring (bicyclic) bond motifs is 1. The lowest BCUT2D eigenvalue weighted by molar-refractivity contribution is -0.129. The van der Waals surface area contributed by atoms with Crippen molar-refractivity contribution in [3.63, 3.8) is 0 Å². The number of carbonyl (C=O) groups excluding carboxylic acids is 1. The first kappa shape index (κ1) is 9.00. The summed E-state index contributed by atoms with van der Waals surface area (Å²) in [5, 5.41) is 12.0. The van der Waals surface area contributed by atoms with Crippen LogP contribution in [-0.4, -0.2) is 23.2 Å². The second-order valence-electron chi connectivity index (χ2n) is 4.38. The molecule has 2 aliphatic rings. The van der Waals surface area contributed by atoms with Crippen molar-refractivity contribution in [1.29, 1.82) is 0 Å². The SMILES string of the molecule is C[C@H](O)C(=O)NC1CCC[C@H]2C[C@@H]12. The van der Waals surface area contributed by atoms with Gasteiger partial charge in [0.1, 0.15) is 6.10 Å². The standard InChI is InChI=1S/C10H17NO2/c1-6(12)10(13)11-9-4-2-3-7-5-8(7)9/h6-9,12H,2-5H2,1H3,(H,11,13)/t6-,7-,8+,9?/m0/s1. The van der Waals surface area contributed by atoms with Crippen LogP contribution >= 0.6 is 0 Å². The van der Waals surface area contributed by atoms with Gasteiger partial charge in [0, 0.05) is 6.04 Å². The third-order valence-corrected chi connectivity index (χ3v) is 3.29. The number of aliphatic hydroxyl groups excluding tert-OH is 1. The van der Waals surface area contributed by atoms with Gasteiger partial charge in [0.05, 0.1) is 0 Å². The van der Waals surface area contributed by atoms with E-state index in [1.54, 1.807) is 0 Å². The number of carbonyl (C=O) groups is 1. The zero-order valence-corrected chi connectivity index (χ0v) is 7.99. The molecule has 0 aliphatic heterocycles. The number of amides is 1. The summed E-state index contributed by atoms with van der Waals surface area (Å²) in [5.74, 6) is 1.38. The monoisotopic (exact) mass is 183 g/mol. The Morgan fingerprint density at radius 2 is 2.31 bits per heavy atom. The number of hydrogen-bond donors (Lipinski definition) is 2. The highest BCUT2D eigenvalue weighted by Gasteiger charge is 2.45. The minimum Gasteiger partial charge on any atom is -0.384 e. The molecule has 0 aromatic carbocycles. The summed E-state index contributed by atoms with van der Waals surface area (Å²) in [7, 11) is 0. The Morgan fingerprint density at radius 3 is 3.00 bits per heavy atom. The molecular formula is C10H17NO2. The predicted octanol–water partition coefficient (Wildman–Crippen LogP) is 0.672. The first-order valence-corrected chi connectivity index (χ1v) is 5.17. The number of rotatable bonds is 2. The van der Waals surface area contributed by atoms with Gasteiger partial charge in [-0.3, -0.25) is 4.79 Å². The Morgan fingerprint density at radius 1 is 1.54 bits per heavy atom. The van der Waals surface area contributed by atoms with Gasteiger partial charge in [-0.2, -0.15) is 0 Å². The third-order valence-electron chi connectivity index (χ3n) is 3.29. The van der Waals surface area contributed by atoms with Gasteiger partial charge in [0.2, 0.25) is 5.91 Å². The van der Waals surface area contributed by atoms with E-state index >= 15 is 0 Å². The van der Waals surface area contributed by atoms with Crippen LogP contribution in [0.5, 0.6) is 0 Å². The summed E-state index contributed by atoms with van der Waals surface area (Å²) in [6.07, 6.45) is 4.08. The van der Waals surface area contributed by atoms with Crippen molar-refractivity contribution in [3.05, 3.63) is 0 Å². The van der Waals surface area contributed by atoms with Gasteiger partial charge in [0.25, 0.3) is 0 Å². The summed E-state index contributed by atoms with van der Waals surface area (Å²) >= 11 is 0. The van der Waals surface area contributed by atoms with E-state index in [0.717, 1.165) is 18.3 Å². The molecule has 2 N–H and O–H groups in total. The summed E-state index contributed by atoms with van der Waals surface area (Å²) in [4.78, 5) is 11.2. The highest BCUT2D eigenvalue weighted by molar-refractivity contribution is 5.80. The first-order chi connectivity index (χ1) is 6.18. The summed E-state index contributed by atoms with van der Waals surface area (Å²) < 4.78 is 0. The molecule has 13 heavy (non-hydrogen) atoms. The second-order valence-corrected chi connectivity index (χ2v) is 4.38. The lowest BCUT2D eigenvalue weighted by Gasteiger charge is -2.23. The second kappa shape index (κ2) is 3.29. The Bertz CT molecular complexity index is 215. The fourth-order valence-corrected chi connectivity index (χ4v) is 2.39. The van der Waals surface area contributed by atoms with Crippen LogP contribution in [0.15, 0.2) is 0 Å². The minimum absolute atomic E-state index is 0.211. The molecule has 0 radical (unpaired) electrons. The Hall–Kier alpha value is -0.570. The van der Waals surface area contributed by atoms with Crippen molar-refractivity contribution < 1.29 is 9.90 Å². The van der Waals surface area contributed by atoms with E-state index in [1.807, 2.05) is 0 Å². The van der Waals surface area contributed by atoms with E-state index in [4.69, 9.17) is 5.11 Å². The molecule has 2 aliphatic carbocycles. The fourth-order valence-electron chi connectivity index (χ4n) is 2.39. The molecule has 2 fully saturated rings. The van der Waals surface area contributed by atoms with Gasteiger partial charge in [0.15, 0.2) is 0 Å². The normalized spacial score (nSPS) is 39.1. The van der Waals surface area contributed by atoms with E-state index in [0.29, 0.717) is 6.04 Å². The van der Waals surface area contributed by atoms with E-state index < -0.39 is 6.10 Å². The van der Waals surface area contributed by atoms with Crippen molar-refractivity contribution in [1.82, 2.24) is 5.32 Å². The molecule has 1 unspecified atom stereocenters. The lowest BCUT2D eigenvalue weighted by atomic mass is 9.95. The quantitative estimate of drug-likeness (QED) is 0.661. The molecule has 2 rings (SSSR count). The van der Waals surface area contributed by atoms with E-state index in [2.05, 4.69) is 5.32 Å². The van der Waals surface area contributed by atoms with Gasteiger partial charge in [-0.05, 0) is 31.6 Å². The van der Waals surface area contributed by atoms with Crippen molar-refractivity contribution in [2.24, 2.45) is 11.8 Å². The maximum atomic E-state index is 11.2. The molecule has 1 amide bonds. The topological polar surface area (TPSA) is 49.3 Å². The van der Waals surface area contributed by atoms with Crippen LogP contribution in [0, 0.1) is 11.8 Å². The van der Waals surface area contributed by atoms with Crippen LogP contribution in [0.2, 0.25) is 0 Å². The van der Waals surface area contributed by atoms with Crippen LogP contribution in [0.1, 0.15) is 32.6 Å². The molecule has 74 valence electrons. The van der Waals surface area contributed by atoms with Crippen LogP contribution in [0.3, 0.4) is 0 Å². The van der Waals surface area contributed by atoms with Gasteiger partial charge in [-0.15, -0.1) is 0 Å². The Balaban J connectivity index is 1.84. The minimum atomic E-state index is -0.862. The van der Waals surface area contributed by atoms with Crippen molar-refractivity contribution in [2.75, 3.05) is 0 Å². The zero-order chi connectivity index (χ0) is 9.42. The molecule has 3 nitrogen and oxygen atoms in total. The molecule has 0 aromatic heterocycles. The van der Waals surface area contributed by atoms with E-state index in [1.165, 1.54) is 26.2 Å². The van der Waals surface area contributed by atoms with Gasteiger partial charge in [-0.1, -0.05) is 12.8 Å². The average molecular weight is 183 g/mol. The Kier molecular flexibility index (Phi) is 2.28. The molecule has 3 heteroatoms. The summed E-state index contributed by atoms with van der Waals surface area (Å²) in [6.45, 7) is 1.52. The number of nitrogens with one attached hydrogen (secondary N) is 1. The van der Waals surface area contributed by atoms with Crippen LogP contribution < -0.4 is 5.32 Å². The maximum absolute atomic E-state index is 11.2. The molecule has 0 heterocycles. The molecule has 0 aromatic rings. The van der Waals surface area contributed by atoms with Gasteiger partial charge in [-0.25, -0.2) is 0 Å². The predicted molar refractivity (Wildman–Crippen MR) is 49.1 cm³/mol. The molecule has 4 atom stereocenters. The number of aliphatic hydroxyl groups is 1. The summed E-state index contributed by atoms with van der Waals surface area (Å²) in [6, 6.07) is 0.348. The fraction of sp³-hybridized carbons (Fsp3) is 0.900. The first-order valence-electron chi connectivity index (χ1n) is 5.17. The van der Waals surface area contributed by atoms with E-state index in [9.17, 15) is 4.79 Å². The van der Waals surface area contributed by atoms with Crippen LogP contribution in [0.4, 0.5) is 0 Å². The summed E-state index contributed by atoms with van der Waals surface area (Å²) in [5.41, 5.74) is 0. The van der Waals surface area contributed by atoms with Crippen LogP contribution in [-0.2, 0) is 4.79 Å². The lowest BCUT2D eigenvalue weighted by Crippen LogP contribution is -2.42. The van der Waals surface area contributed by atoms with Crippen molar-refractivity contribution >= 4 is 5.91 Å². The smallest absolute Gasteiger partial charge is 0.248 e. The average Bonchev–Trinajstić information content (AvgIpc) is 2.83. The van der Waals surface area contributed by atoms with Gasteiger partial charge >= 0.3 is 0 Å². The highest BCUT2D eigenvalue weighted by Crippen LogP contribution is 2.49. The third kappa shape index (κ3) is 1.85. The zero-order valence-electron chi connectivity index (χ0n) is 7.99. The largest absolute Gasteiger partial charge is 0.384 e. The van der Waals surface area contributed by atoms with E-state index in [-0.39, 0.29) is 5.91 Å². The number of hydrogen-bond acceptors (Lipinski definition) is 2.